The Bertz CT molecular complexity index is 585. The van der Waals surface area contributed by atoms with E-state index in [1.165, 1.54) is 0 Å². The number of pyridine rings is 1. The highest BCUT2D eigenvalue weighted by Crippen LogP contribution is 2.22. The van der Waals surface area contributed by atoms with Crippen molar-refractivity contribution in [2.75, 3.05) is 24.1 Å². The van der Waals surface area contributed by atoms with Gasteiger partial charge in [0.15, 0.2) is 5.82 Å². The summed E-state index contributed by atoms with van der Waals surface area (Å²) in [5, 5.41) is 7.64. The van der Waals surface area contributed by atoms with Crippen LogP contribution in [0.4, 0.5) is 11.5 Å². The smallest absolute Gasteiger partial charge is 0.172 e. The van der Waals surface area contributed by atoms with Crippen molar-refractivity contribution < 1.29 is 0 Å². The minimum absolute atomic E-state index is 0.678. The third-order valence-corrected chi connectivity index (χ3v) is 2.82. The van der Waals surface area contributed by atoms with Crippen LogP contribution in [0.2, 0.25) is 0 Å². The van der Waals surface area contributed by atoms with Gasteiger partial charge in [0.25, 0.3) is 0 Å². The zero-order chi connectivity index (χ0) is 15.7. The van der Waals surface area contributed by atoms with Gasteiger partial charge in [0.05, 0.1) is 5.52 Å². The number of allylic oxidation sites excluding steroid dienone is 1. The SMILES string of the molecule is C=CN(/C=C\C)CCNc1nn2ccccc2c1N.CC. The highest BCUT2D eigenvalue weighted by atomic mass is 15.3. The van der Waals surface area contributed by atoms with Crippen LogP contribution in [0.3, 0.4) is 0 Å². The molecule has 3 N–H and O–H groups in total. The van der Waals surface area contributed by atoms with E-state index in [0.29, 0.717) is 5.69 Å². The van der Waals surface area contributed by atoms with Gasteiger partial charge in [0.2, 0.25) is 0 Å². The van der Waals surface area contributed by atoms with Crippen LogP contribution in [0.15, 0.2) is 49.5 Å². The van der Waals surface area contributed by atoms with Gasteiger partial charge in [-0.25, -0.2) is 4.52 Å². The van der Waals surface area contributed by atoms with Crippen LogP contribution in [0.25, 0.3) is 5.52 Å². The number of rotatable bonds is 6. The van der Waals surface area contributed by atoms with Crippen molar-refractivity contribution >= 4 is 17.0 Å². The molecule has 2 aromatic rings. The molecule has 0 atom stereocenters. The molecule has 0 fully saturated rings. The van der Waals surface area contributed by atoms with Gasteiger partial charge in [-0.1, -0.05) is 32.6 Å². The first-order chi connectivity index (χ1) is 10.3. The maximum Gasteiger partial charge on any atom is 0.172 e. The molecular formula is C16H25N5. The van der Waals surface area contributed by atoms with E-state index in [1.807, 2.05) is 62.3 Å². The van der Waals surface area contributed by atoms with Crippen LogP contribution in [0.1, 0.15) is 20.8 Å². The number of fused-ring (bicyclic) bond motifs is 1. The van der Waals surface area contributed by atoms with Gasteiger partial charge in [0, 0.05) is 19.3 Å². The molecule has 114 valence electrons. The van der Waals surface area contributed by atoms with E-state index in [9.17, 15) is 0 Å². The summed E-state index contributed by atoms with van der Waals surface area (Å²) < 4.78 is 1.77. The normalized spacial score (nSPS) is 10.2. The molecule has 2 heterocycles. The van der Waals surface area contributed by atoms with E-state index in [1.54, 1.807) is 10.7 Å². The van der Waals surface area contributed by atoms with Gasteiger partial charge >= 0.3 is 0 Å². The van der Waals surface area contributed by atoms with Crippen molar-refractivity contribution in [3.05, 3.63) is 49.5 Å². The predicted octanol–water partition coefficient (Wildman–Crippen LogP) is 3.33. The van der Waals surface area contributed by atoms with Crippen LogP contribution >= 0.6 is 0 Å². The summed E-state index contributed by atoms with van der Waals surface area (Å²) >= 11 is 0. The Morgan fingerprint density at radius 3 is 2.81 bits per heavy atom. The molecule has 21 heavy (non-hydrogen) atoms. The van der Waals surface area contributed by atoms with Crippen molar-refractivity contribution in [3.8, 4) is 0 Å². The first kappa shape index (κ1) is 16.6. The number of aromatic nitrogens is 2. The number of hydrogen-bond donors (Lipinski definition) is 2. The van der Waals surface area contributed by atoms with Crippen molar-refractivity contribution in [1.82, 2.24) is 14.5 Å². The maximum absolute atomic E-state index is 6.05. The molecule has 0 saturated heterocycles. The second kappa shape index (κ2) is 8.68. The summed E-state index contributed by atoms with van der Waals surface area (Å²) in [7, 11) is 0. The van der Waals surface area contributed by atoms with Crippen LogP contribution in [0, 0.1) is 0 Å². The van der Waals surface area contributed by atoms with Crippen molar-refractivity contribution in [2.45, 2.75) is 20.8 Å². The lowest BCUT2D eigenvalue weighted by Gasteiger charge is -2.14. The van der Waals surface area contributed by atoms with E-state index in [2.05, 4.69) is 17.0 Å². The second-order valence-corrected chi connectivity index (χ2v) is 4.12. The molecular weight excluding hydrogens is 262 g/mol. The highest BCUT2D eigenvalue weighted by Gasteiger charge is 2.08. The van der Waals surface area contributed by atoms with E-state index in [4.69, 9.17) is 5.73 Å². The van der Waals surface area contributed by atoms with E-state index in [0.717, 1.165) is 24.4 Å². The van der Waals surface area contributed by atoms with Crippen LogP contribution in [-0.2, 0) is 0 Å². The molecule has 0 amide bonds. The van der Waals surface area contributed by atoms with E-state index < -0.39 is 0 Å². The first-order valence-electron chi connectivity index (χ1n) is 7.24. The van der Waals surface area contributed by atoms with Crippen molar-refractivity contribution in [2.24, 2.45) is 0 Å². The van der Waals surface area contributed by atoms with Gasteiger partial charge in [-0.05, 0) is 31.5 Å². The van der Waals surface area contributed by atoms with Crippen LogP contribution in [-0.4, -0.2) is 27.6 Å². The molecule has 5 nitrogen and oxygen atoms in total. The van der Waals surface area contributed by atoms with Gasteiger partial charge in [-0.2, -0.15) is 0 Å². The topological polar surface area (TPSA) is 58.6 Å². The Morgan fingerprint density at radius 1 is 1.43 bits per heavy atom. The summed E-state index contributed by atoms with van der Waals surface area (Å²) in [6, 6.07) is 5.82. The van der Waals surface area contributed by atoms with Gasteiger partial charge in [-0.15, -0.1) is 5.10 Å². The molecule has 0 radical (unpaired) electrons. The minimum Gasteiger partial charge on any atom is -0.394 e. The average molecular weight is 287 g/mol. The lowest BCUT2D eigenvalue weighted by molar-refractivity contribution is 0.524. The third kappa shape index (κ3) is 4.27. The number of nitrogens with zero attached hydrogens (tertiary/aromatic N) is 3. The summed E-state index contributed by atoms with van der Waals surface area (Å²) in [6.07, 6.45) is 7.62. The fourth-order valence-electron chi connectivity index (χ4n) is 1.87. The number of anilines is 2. The molecule has 0 aliphatic heterocycles. The van der Waals surface area contributed by atoms with E-state index >= 15 is 0 Å². The Hall–Kier alpha value is -2.43. The number of nitrogen functional groups attached to an aromatic ring is 1. The minimum atomic E-state index is 0.678. The molecule has 0 saturated carbocycles. The monoisotopic (exact) mass is 287 g/mol. The first-order valence-corrected chi connectivity index (χ1v) is 7.24. The molecule has 2 aromatic heterocycles. The fraction of sp³-hybridized carbons (Fsp3) is 0.312. The molecule has 2 rings (SSSR count). The highest BCUT2D eigenvalue weighted by molar-refractivity contribution is 5.80. The zero-order valence-electron chi connectivity index (χ0n) is 13.1. The largest absolute Gasteiger partial charge is 0.394 e. The summed E-state index contributed by atoms with van der Waals surface area (Å²) in [5.41, 5.74) is 7.65. The molecule has 0 spiro atoms. The predicted molar refractivity (Wildman–Crippen MR) is 91.2 cm³/mol. The van der Waals surface area contributed by atoms with Crippen LogP contribution in [0.5, 0.6) is 0 Å². The fourth-order valence-corrected chi connectivity index (χ4v) is 1.87. The quantitative estimate of drug-likeness (QED) is 0.855. The number of nitrogens with two attached hydrogens (primary N) is 1. The standard InChI is InChI=1S/C14H19N5.C2H6/c1-3-9-18(4-2)11-8-16-14-13(15)12-7-5-6-10-19(12)17-14;1-2/h3-7,9-10H,2,8,11,15H2,1H3,(H,16,17);1-2H3/b9-3-;. The Labute approximate surface area is 126 Å². The average Bonchev–Trinajstić information content (AvgIpc) is 2.85. The second-order valence-electron chi connectivity index (χ2n) is 4.12. The molecule has 0 aromatic carbocycles. The van der Waals surface area contributed by atoms with Gasteiger partial charge < -0.3 is 16.0 Å². The zero-order valence-corrected chi connectivity index (χ0v) is 13.1. The summed E-state index contributed by atoms with van der Waals surface area (Å²) in [6.45, 7) is 11.3. The number of hydrogen-bond acceptors (Lipinski definition) is 4. The van der Waals surface area contributed by atoms with Crippen molar-refractivity contribution in [3.63, 3.8) is 0 Å². The number of nitrogens with one attached hydrogen (secondary N) is 1. The lowest BCUT2D eigenvalue weighted by atomic mass is 10.3. The summed E-state index contributed by atoms with van der Waals surface area (Å²) in [5.74, 6) is 0.718. The van der Waals surface area contributed by atoms with Crippen molar-refractivity contribution in [1.29, 1.82) is 0 Å². The van der Waals surface area contributed by atoms with Gasteiger partial charge in [0.1, 0.15) is 5.69 Å². The van der Waals surface area contributed by atoms with Gasteiger partial charge in [-0.3, -0.25) is 0 Å². The molecule has 0 unspecified atom stereocenters. The molecule has 0 aliphatic carbocycles. The lowest BCUT2D eigenvalue weighted by Crippen LogP contribution is -2.19. The van der Waals surface area contributed by atoms with Crippen LogP contribution < -0.4 is 11.1 Å². The maximum atomic E-state index is 6.05. The third-order valence-electron chi connectivity index (χ3n) is 2.82. The molecule has 0 aliphatic rings. The Balaban J connectivity index is 0.00000106. The molecule has 0 bridgehead atoms. The Kier molecular flexibility index (Phi) is 6.87. The molecule has 5 heteroatoms. The van der Waals surface area contributed by atoms with E-state index in [-0.39, 0.29) is 0 Å². The Morgan fingerprint density at radius 2 is 2.19 bits per heavy atom. The summed E-state index contributed by atoms with van der Waals surface area (Å²) in [4.78, 5) is 2.00.